The monoisotopic (exact) mass is 268 g/mol. The van der Waals surface area contributed by atoms with Crippen LogP contribution in [-0.4, -0.2) is 47.7 Å². The van der Waals surface area contributed by atoms with Gasteiger partial charge in [-0.2, -0.15) is 0 Å². The summed E-state index contributed by atoms with van der Waals surface area (Å²) in [4.78, 5) is 13.0. The quantitative estimate of drug-likeness (QED) is 0.800. The molecule has 2 aliphatic rings. The highest BCUT2D eigenvalue weighted by Crippen LogP contribution is 2.26. The highest BCUT2D eigenvalue weighted by atomic mass is 16.4. The van der Waals surface area contributed by atoms with Gasteiger partial charge in [0.1, 0.15) is 0 Å². The molecule has 2 N–H and O–H groups in total. The van der Waals surface area contributed by atoms with Crippen LogP contribution in [0.3, 0.4) is 0 Å². The Morgan fingerprint density at radius 1 is 1.26 bits per heavy atom. The summed E-state index contributed by atoms with van der Waals surface area (Å²) in [6.07, 6.45) is 6.47. The van der Waals surface area contributed by atoms with E-state index >= 15 is 0 Å². The van der Waals surface area contributed by atoms with Crippen molar-refractivity contribution in [3.63, 3.8) is 0 Å². The van der Waals surface area contributed by atoms with Gasteiger partial charge < -0.3 is 10.4 Å². The fraction of sp³-hybridized carbons (Fsp3) is 0.933. The van der Waals surface area contributed by atoms with Gasteiger partial charge in [-0.05, 0) is 31.1 Å². The van der Waals surface area contributed by atoms with Crippen molar-refractivity contribution in [2.24, 2.45) is 11.8 Å². The Kier molecular flexibility index (Phi) is 5.22. The highest BCUT2D eigenvalue weighted by molar-refractivity contribution is 5.69. The SMILES string of the molecule is CC(C)C1CC(NC2CCCC2)CN(CC(=O)O)C1. The Balaban J connectivity index is 1.91. The van der Waals surface area contributed by atoms with Gasteiger partial charge in [0.05, 0.1) is 6.54 Å². The lowest BCUT2D eigenvalue weighted by atomic mass is 9.85. The van der Waals surface area contributed by atoms with Crippen molar-refractivity contribution >= 4 is 5.97 Å². The summed E-state index contributed by atoms with van der Waals surface area (Å²) in [5.74, 6) is 0.542. The molecule has 2 unspecified atom stereocenters. The molecule has 4 nitrogen and oxygen atoms in total. The number of hydrogen-bond acceptors (Lipinski definition) is 3. The molecule has 19 heavy (non-hydrogen) atoms. The molecule has 0 bridgehead atoms. The molecule has 2 atom stereocenters. The lowest BCUT2D eigenvalue weighted by Crippen LogP contribution is -2.53. The molecule has 4 heteroatoms. The van der Waals surface area contributed by atoms with Crippen LogP contribution in [0, 0.1) is 11.8 Å². The number of carboxylic acid groups (broad SMARTS) is 1. The zero-order valence-electron chi connectivity index (χ0n) is 12.3. The van der Waals surface area contributed by atoms with Gasteiger partial charge in [0.15, 0.2) is 0 Å². The minimum atomic E-state index is -0.705. The van der Waals surface area contributed by atoms with Crippen LogP contribution in [0.4, 0.5) is 0 Å². The van der Waals surface area contributed by atoms with Crippen LogP contribution in [0.25, 0.3) is 0 Å². The molecule has 110 valence electrons. The van der Waals surface area contributed by atoms with E-state index in [-0.39, 0.29) is 6.54 Å². The molecule has 0 amide bonds. The van der Waals surface area contributed by atoms with E-state index in [1.807, 2.05) is 0 Å². The number of nitrogens with one attached hydrogen (secondary N) is 1. The van der Waals surface area contributed by atoms with Gasteiger partial charge in [-0.3, -0.25) is 9.69 Å². The molecule has 2 rings (SSSR count). The van der Waals surface area contributed by atoms with Crippen LogP contribution in [-0.2, 0) is 4.79 Å². The topological polar surface area (TPSA) is 52.6 Å². The molecule has 2 fully saturated rings. The van der Waals surface area contributed by atoms with E-state index in [2.05, 4.69) is 24.1 Å². The Bertz CT molecular complexity index is 299. The normalized spacial score (nSPS) is 30.1. The number of carbonyl (C=O) groups is 1. The van der Waals surface area contributed by atoms with Crippen LogP contribution < -0.4 is 5.32 Å². The number of piperidine rings is 1. The smallest absolute Gasteiger partial charge is 0.317 e. The predicted octanol–water partition coefficient (Wildman–Crippen LogP) is 1.95. The number of nitrogens with zero attached hydrogens (tertiary/aromatic N) is 1. The Hall–Kier alpha value is -0.610. The molecular formula is C15H28N2O2. The van der Waals surface area contributed by atoms with Crippen molar-refractivity contribution in [1.29, 1.82) is 0 Å². The average molecular weight is 268 g/mol. The molecule has 1 saturated carbocycles. The molecule has 0 spiro atoms. The van der Waals surface area contributed by atoms with E-state index in [1.165, 1.54) is 32.1 Å². The second kappa shape index (κ2) is 6.71. The number of rotatable bonds is 5. The van der Waals surface area contributed by atoms with E-state index in [0.717, 1.165) is 13.1 Å². The standard InChI is InChI=1S/C15H28N2O2/c1-11(2)12-7-14(16-13-5-3-4-6-13)9-17(8-12)10-15(18)19/h11-14,16H,3-10H2,1-2H3,(H,18,19). The maximum Gasteiger partial charge on any atom is 0.317 e. The fourth-order valence-corrected chi connectivity index (χ4v) is 3.58. The first-order valence-electron chi connectivity index (χ1n) is 7.74. The van der Waals surface area contributed by atoms with Gasteiger partial charge >= 0.3 is 5.97 Å². The van der Waals surface area contributed by atoms with Crippen LogP contribution in [0.2, 0.25) is 0 Å². The first-order valence-corrected chi connectivity index (χ1v) is 7.74. The summed E-state index contributed by atoms with van der Waals surface area (Å²) < 4.78 is 0. The number of carboxylic acids is 1. The Morgan fingerprint density at radius 3 is 2.53 bits per heavy atom. The molecule has 0 aromatic rings. The summed E-state index contributed by atoms with van der Waals surface area (Å²) in [7, 11) is 0. The second-order valence-electron chi connectivity index (χ2n) is 6.67. The zero-order valence-corrected chi connectivity index (χ0v) is 12.3. The summed E-state index contributed by atoms with van der Waals surface area (Å²) in [6.45, 7) is 6.52. The molecule has 1 heterocycles. The van der Waals surface area contributed by atoms with Gasteiger partial charge in [-0.1, -0.05) is 26.7 Å². The molecular weight excluding hydrogens is 240 g/mol. The van der Waals surface area contributed by atoms with Crippen molar-refractivity contribution in [2.75, 3.05) is 19.6 Å². The van der Waals surface area contributed by atoms with E-state index < -0.39 is 5.97 Å². The van der Waals surface area contributed by atoms with E-state index in [1.54, 1.807) is 0 Å². The minimum absolute atomic E-state index is 0.187. The van der Waals surface area contributed by atoms with Crippen LogP contribution in [0.1, 0.15) is 46.0 Å². The van der Waals surface area contributed by atoms with Crippen LogP contribution in [0.15, 0.2) is 0 Å². The molecule has 1 saturated heterocycles. The molecule has 1 aliphatic heterocycles. The lowest BCUT2D eigenvalue weighted by Gasteiger charge is -2.40. The van der Waals surface area contributed by atoms with Crippen LogP contribution >= 0.6 is 0 Å². The van der Waals surface area contributed by atoms with E-state index in [9.17, 15) is 4.79 Å². The molecule has 0 aromatic carbocycles. The van der Waals surface area contributed by atoms with Crippen molar-refractivity contribution in [3.8, 4) is 0 Å². The summed E-state index contributed by atoms with van der Waals surface area (Å²) in [5, 5.41) is 12.8. The van der Waals surface area contributed by atoms with E-state index in [0.29, 0.717) is 23.9 Å². The fourth-order valence-electron chi connectivity index (χ4n) is 3.58. The van der Waals surface area contributed by atoms with Gasteiger partial charge in [0, 0.05) is 25.2 Å². The maximum atomic E-state index is 10.9. The molecule has 0 radical (unpaired) electrons. The minimum Gasteiger partial charge on any atom is -0.480 e. The number of hydrogen-bond donors (Lipinski definition) is 2. The third-order valence-corrected chi connectivity index (χ3v) is 4.69. The summed E-state index contributed by atoms with van der Waals surface area (Å²) in [6, 6.07) is 1.14. The Labute approximate surface area is 116 Å². The van der Waals surface area contributed by atoms with Gasteiger partial charge in [-0.25, -0.2) is 0 Å². The first-order chi connectivity index (χ1) is 9.04. The number of likely N-dealkylation sites (tertiary alicyclic amines) is 1. The van der Waals surface area contributed by atoms with Crippen molar-refractivity contribution < 1.29 is 9.90 Å². The first kappa shape index (κ1) is 14.8. The lowest BCUT2D eigenvalue weighted by molar-refractivity contribution is -0.139. The average Bonchev–Trinajstić information content (AvgIpc) is 2.80. The maximum absolute atomic E-state index is 10.9. The van der Waals surface area contributed by atoms with Crippen molar-refractivity contribution in [1.82, 2.24) is 10.2 Å². The van der Waals surface area contributed by atoms with Crippen molar-refractivity contribution in [3.05, 3.63) is 0 Å². The molecule has 0 aromatic heterocycles. The number of aliphatic carboxylic acids is 1. The summed E-state index contributed by atoms with van der Waals surface area (Å²) >= 11 is 0. The largest absolute Gasteiger partial charge is 0.480 e. The molecule has 1 aliphatic carbocycles. The second-order valence-corrected chi connectivity index (χ2v) is 6.67. The van der Waals surface area contributed by atoms with Crippen LogP contribution in [0.5, 0.6) is 0 Å². The van der Waals surface area contributed by atoms with Crippen molar-refractivity contribution in [2.45, 2.75) is 58.0 Å². The summed E-state index contributed by atoms with van der Waals surface area (Å²) in [5.41, 5.74) is 0. The highest BCUT2D eigenvalue weighted by Gasteiger charge is 2.31. The van der Waals surface area contributed by atoms with Gasteiger partial charge in [-0.15, -0.1) is 0 Å². The third kappa shape index (κ3) is 4.46. The van der Waals surface area contributed by atoms with Gasteiger partial charge in [0.2, 0.25) is 0 Å². The third-order valence-electron chi connectivity index (χ3n) is 4.69. The predicted molar refractivity (Wildman–Crippen MR) is 76.2 cm³/mol. The van der Waals surface area contributed by atoms with Gasteiger partial charge in [0.25, 0.3) is 0 Å². The zero-order chi connectivity index (χ0) is 13.8. The Morgan fingerprint density at radius 2 is 1.95 bits per heavy atom. The van der Waals surface area contributed by atoms with E-state index in [4.69, 9.17) is 5.11 Å².